The van der Waals surface area contributed by atoms with Gasteiger partial charge in [0.2, 0.25) is 0 Å². The summed E-state index contributed by atoms with van der Waals surface area (Å²) in [6, 6.07) is 4.55. The molecular formula is C15H21N5O3. The Balaban J connectivity index is 1.45. The van der Waals surface area contributed by atoms with Crippen molar-refractivity contribution in [2.75, 3.05) is 23.4 Å². The van der Waals surface area contributed by atoms with Gasteiger partial charge in [-0.1, -0.05) is 0 Å². The zero-order valence-corrected chi connectivity index (χ0v) is 12.7. The van der Waals surface area contributed by atoms with Gasteiger partial charge in [-0.05, 0) is 25.0 Å². The minimum atomic E-state index is -0.591. The molecule has 1 amide bonds. The molecule has 3 heterocycles. The average Bonchev–Trinajstić information content (AvgIpc) is 2.85. The van der Waals surface area contributed by atoms with Crippen molar-refractivity contribution >= 4 is 17.5 Å². The van der Waals surface area contributed by atoms with Gasteiger partial charge in [0, 0.05) is 31.1 Å². The zero-order chi connectivity index (χ0) is 16.0. The van der Waals surface area contributed by atoms with Gasteiger partial charge in [-0.3, -0.25) is 4.79 Å². The van der Waals surface area contributed by atoms with Crippen LogP contribution in [0.4, 0.5) is 11.6 Å². The number of pyridine rings is 1. The third kappa shape index (κ3) is 2.85. The van der Waals surface area contributed by atoms with Crippen molar-refractivity contribution in [2.24, 2.45) is 5.73 Å². The Morgan fingerprint density at radius 3 is 2.96 bits per heavy atom. The number of anilines is 2. The molecule has 2 atom stereocenters. The maximum atomic E-state index is 11.4. The van der Waals surface area contributed by atoms with Crippen molar-refractivity contribution in [1.82, 2.24) is 10.3 Å². The van der Waals surface area contributed by atoms with E-state index < -0.39 is 6.23 Å². The maximum absolute atomic E-state index is 11.4. The predicted octanol–water partition coefficient (Wildman–Crippen LogP) is -0.611. The first kappa shape index (κ1) is 14.7. The molecule has 1 aromatic heterocycles. The van der Waals surface area contributed by atoms with E-state index in [1.165, 1.54) is 0 Å². The third-order valence-corrected chi connectivity index (χ3v) is 4.67. The Morgan fingerprint density at radius 2 is 2.17 bits per heavy atom. The Kier molecular flexibility index (Phi) is 3.59. The minimum Gasteiger partial charge on any atom is -0.480 e. The van der Waals surface area contributed by atoms with Gasteiger partial charge < -0.3 is 31.1 Å². The first-order valence-electron chi connectivity index (χ1n) is 7.98. The van der Waals surface area contributed by atoms with E-state index in [0.717, 1.165) is 12.8 Å². The summed E-state index contributed by atoms with van der Waals surface area (Å²) >= 11 is 0. The zero-order valence-electron chi connectivity index (χ0n) is 12.7. The number of amides is 1. The van der Waals surface area contributed by atoms with E-state index in [0.29, 0.717) is 42.4 Å². The Bertz CT molecular complexity index is 619. The van der Waals surface area contributed by atoms with Crippen LogP contribution >= 0.6 is 0 Å². The van der Waals surface area contributed by atoms with Gasteiger partial charge in [0.05, 0.1) is 0 Å². The van der Waals surface area contributed by atoms with Gasteiger partial charge in [-0.15, -0.1) is 0 Å². The normalized spacial score (nSPS) is 32.8. The number of hydrogen-bond acceptors (Lipinski definition) is 7. The minimum absolute atomic E-state index is 0.00981. The highest BCUT2D eigenvalue weighted by Gasteiger charge is 2.35. The van der Waals surface area contributed by atoms with Crippen LogP contribution in [0, 0.1) is 0 Å². The second-order valence-electron chi connectivity index (χ2n) is 6.51. The molecule has 0 radical (unpaired) electrons. The molecule has 8 nitrogen and oxygen atoms in total. The Morgan fingerprint density at radius 1 is 1.35 bits per heavy atom. The molecular weight excluding hydrogens is 298 g/mol. The molecule has 0 bridgehead atoms. The van der Waals surface area contributed by atoms with E-state index in [4.69, 9.17) is 10.5 Å². The van der Waals surface area contributed by atoms with E-state index in [9.17, 15) is 9.90 Å². The molecule has 1 saturated carbocycles. The van der Waals surface area contributed by atoms with Gasteiger partial charge in [0.1, 0.15) is 12.0 Å². The second-order valence-corrected chi connectivity index (χ2v) is 6.51. The SMILES string of the molecule is NC1CC(N[C@H]2CC(O)N(c3ccc4c(n3)NC(=O)CO4)C2)C1. The first-order chi connectivity index (χ1) is 11.1. The fourth-order valence-corrected chi connectivity index (χ4v) is 3.43. The molecule has 0 aromatic carbocycles. The topological polar surface area (TPSA) is 113 Å². The van der Waals surface area contributed by atoms with Crippen LogP contribution in [0.1, 0.15) is 19.3 Å². The number of rotatable bonds is 3. The summed E-state index contributed by atoms with van der Waals surface area (Å²) in [5.41, 5.74) is 5.81. The van der Waals surface area contributed by atoms with Gasteiger partial charge in [0.25, 0.3) is 5.91 Å². The molecule has 8 heteroatoms. The van der Waals surface area contributed by atoms with Gasteiger partial charge in [0.15, 0.2) is 18.2 Å². The van der Waals surface area contributed by atoms with E-state index >= 15 is 0 Å². The highest BCUT2D eigenvalue weighted by molar-refractivity contribution is 5.94. The summed E-state index contributed by atoms with van der Waals surface area (Å²) < 4.78 is 5.31. The number of carbonyl (C=O) groups excluding carboxylic acids is 1. The van der Waals surface area contributed by atoms with Crippen LogP contribution in [0.3, 0.4) is 0 Å². The van der Waals surface area contributed by atoms with Crippen molar-refractivity contribution in [1.29, 1.82) is 0 Å². The van der Waals surface area contributed by atoms with E-state index in [1.54, 1.807) is 12.1 Å². The first-order valence-corrected chi connectivity index (χ1v) is 7.98. The van der Waals surface area contributed by atoms with E-state index in [2.05, 4.69) is 15.6 Å². The lowest BCUT2D eigenvalue weighted by Gasteiger charge is -2.35. The van der Waals surface area contributed by atoms with Crippen LogP contribution in [-0.2, 0) is 4.79 Å². The third-order valence-electron chi connectivity index (χ3n) is 4.67. The summed E-state index contributed by atoms with van der Waals surface area (Å²) in [4.78, 5) is 17.7. The summed E-state index contributed by atoms with van der Waals surface area (Å²) in [7, 11) is 0. The molecule has 1 aliphatic carbocycles. The van der Waals surface area contributed by atoms with Gasteiger partial charge in [-0.25, -0.2) is 4.98 Å². The number of carbonyl (C=O) groups is 1. The number of aliphatic hydroxyl groups excluding tert-OH is 1. The summed E-state index contributed by atoms with van der Waals surface area (Å²) in [6.45, 7) is 0.684. The molecule has 1 unspecified atom stereocenters. The van der Waals surface area contributed by atoms with Crippen molar-refractivity contribution < 1.29 is 14.6 Å². The molecule has 0 spiro atoms. The molecule has 5 N–H and O–H groups in total. The maximum Gasteiger partial charge on any atom is 0.263 e. The molecule has 2 aliphatic heterocycles. The Hall–Kier alpha value is -1.90. The quantitative estimate of drug-likeness (QED) is 0.588. The number of nitrogens with two attached hydrogens (primary N) is 1. The lowest BCUT2D eigenvalue weighted by Crippen LogP contribution is -2.52. The predicted molar refractivity (Wildman–Crippen MR) is 84.3 cm³/mol. The van der Waals surface area contributed by atoms with Gasteiger partial charge >= 0.3 is 0 Å². The fraction of sp³-hybridized carbons (Fsp3) is 0.600. The summed E-state index contributed by atoms with van der Waals surface area (Å²) in [5, 5.41) is 16.6. The van der Waals surface area contributed by atoms with Crippen molar-refractivity contribution in [3.05, 3.63) is 12.1 Å². The summed E-state index contributed by atoms with van der Waals surface area (Å²) in [5.74, 6) is 1.38. The highest BCUT2D eigenvalue weighted by Crippen LogP contribution is 2.31. The molecule has 23 heavy (non-hydrogen) atoms. The average molecular weight is 319 g/mol. The number of aromatic nitrogens is 1. The van der Waals surface area contributed by atoms with Crippen molar-refractivity contribution in [3.63, 3.8) is 0 Å². The molecule has 2 fully saturated rings. The number of fused-ring (bicyclic) bond motifs is 1. The molecule has 4 rings (SSSR count). The van der Waals surface area contributed by atoms with Crippen LogP contribution in [-0.4, -0.2) is 53.5 Å². The molecule has 124 valence electrons. The van der Waals surface area contributed by atoms with Crippen LogP contribution in [0.15, 0.2) is 12.1 Å². The van der Waals surface area contributed by atoms with E-state index in [-0.39, 0.29) is 18.6 Å². The van der Waals surface area contributed by atoms with Gasteiger partial charge in [-0.2, -0.15) is 0 Å². The standard InChI is InChI=1S/C15H21N5O3/c16-8-3-9(4-8)17-10-5-14(22)20(6-10)12-2-1-11-15(18-12)19-13(21)7-23-11/h1-2,8-10,14,17,22H,3-7,16H2,(H,18,19,21)/t8?,9?,10-,14?/m0/s1. The van der Waals surface area contributed by atoms with E-state index in [1.807, 2.05) is 4.90 Å². The Labute approximate surface area is 134 Å². The molecule has 1 saturated heterocycles. The van der Waals surface area contributed by atoms with Crippen LogP contribution in [0.2, 0.25) is 0 Å². The largest absolute Gasteiger partial charge is 0.480 e. The lowest BCUT2D eigenvalue weighted by molar-refractivity contribution is -0.118. The summed E-state index contributed by atoms with van der Waals surface area (Å²) in [6.07, 6.45) is 2.04. The monoisotopic (exact) mass is 319 g/mol. The highest BCUT2D eigenvalue weighted by atomic mass is 16.5. The number of aliphatic hydroxyl groups is 1. The second kappa shape index (κ2) is 5.63. The number of nitrogens with zero attached hydrogens (tertiary/aromatic N) is 2. The molecule has 3 aliphatic rings. The number of hydrogen-bond donors (Lipinski definition) is 4. The van der Waals surface area contributed by atoms with Crippen LogP contribution in [0.5, 0.6) is 5.75 Å². The lowest BCUT2D eigenvalue weighted by atomic mass is 9.87. The number of nitrogens with one attached hydrogen (secondary N) is 2. The fourth-order valence-electron chi connectivity index (χ4n) is 3.43. The van der Waals surface area contributed by atoms with Crippen molar-refractivity contribution in [2.45, 2.75) is 43.6 Å². The van der Waals surface area contributed by atoms with Crippen LogP contribution < -0.4 is 26.0 Å². The molecule has 1 aromatic rings. The van der Waals surface area contributed by atoms with Crippen molar-refractivity contribution in [3.8, 4) is 5.75 Å². The number of ether oxygens (including phenoxy) is 1. The van der Waals surface area contributed by atoms with Crippen LogP contribution in [0.25, 0.3) is 0 Å². The smallest absolute Gasteiger partial charge is 0.263 e.